The molecule has 1 amide bonds. The molecule has 6 heteroatoms. The van der Waals surface area contributed by atoms with Crippen molar-refractivity contribution < 1.29 is 9.18 Å². The maximum absolute atomic E-state index is 15.3. The fraction of sp³-hybridized carbons (Fsp3) is 0.500. The third kappa shape index (κ3) is 3.13. The lowest BCUT2D eigenvalue weighted by atomic mass is 9.76. The Kier molecular flexibility index (Phi) is 4.51. The lowest BCUT2D eigenvalue weighted by molar-refractivity contribution is -0.119. The Labute approximate surface area is 157 Å². The van der Waals surface area contributed by atoms with Crippen LogP contribution in [0.4, 0.5) is 4.39 Å². The SMILES string of the molecule is NC(=O)CC1CCC(F)(CC[C@H]2c3c(Cl)cccc3-c3cncn32)CC1. The highest BCUT2D eigenvalue weighted by Gasteiger charge is 2.38. The summed E-state index contributed by atoms with van der Waals surface area (Å²) in [5.74, 6) is -0.0514. The second-order valence-electron chi connectivity index (χ2n) is 7.71. The topological polar surface area (TPSA) is 60.9 Å². The number of nitrogens with zero attached hydrogens (tertiary/aromatic N) is 2. The van der Waals surface area contributed by atoms with Crippen molar-refractivity contribution in [3.05, 3.63) is 41.3 Å². The third-order valence-corrected chi connectivity index (χ3v) is 6.35. The highest BCUT2D eigenvalue weighted by Crippen LogP contribution is 2.47. The van der Waals surface area contributed by atoms with Gasteiger partial charge in [-0.2, -0.15) is 0 Å². The first-order valence-electron chi connectivity index (χ1n) is 9.25. The summed E-state index contributed by atoms with van der Waals surface area (Å²) in [5, 5.41) is 0.731. The number of halogens is 2. The lowest BCUT2D eigenvalue weighted by Crippen LogP contribution is -2.31. The van der Waals surface area contributed by atoms with E-state index < -0.39 is 5.67 Å². The number of hydrogen-bond donors (Lipinski definition) is 1. The van der Waals surface area contributed by atoms with E-state index in [9.17, 15) is 4.79 Å². The van der Waals surface area contributed by atoms with E-state index in [1.165, 1.54) is 0 Å². The van der Waals surface area contributed by atoms with Gasteiger partial charge in [-0.05, 0) is 50.5 Å². The number of benzene rings is 1. The number of alkyl halides is 1. The summed E-state index contributed by atoms with van der Waals surface area (Å²) in [6.45, 7) is 0. The number of fused-ring (bicyclic) bond motifs is 3. The quantitative estimate of drug-likeness (QED) is 0.826. The third-order valence-electron chi connectivity index (χ3n) is 6.02. The van der Waals surface area contributed by atoms with Crippen LogP contribution in [0.15, 0.2) is 30.7 Å². The zero-order chi connectivity index (χ0) is 18.3. The summed E-state index contributed by atoms with van der Waals surface area (Å²) in [7, 11) is 0. The smallest absolute Gasteiger partial charge is 0.217 e. The van der Waals surface area contributed by atoms with Gasteiger partial charge in [0, 0.05) is 22.6 Å². The Morgan fingerprint density at radius 2 is 2.15 bits per heavy atom. The normalized spacial score (nSPS) is 27.2. The van der Waals surface area contributed by atoms with Crippen LogP contribution in [0.2, 0.25) is 5.02 Å². The zero-order valence-corrected chi connectivity index (χ0v) is 15.4. The standard InChI is InChI=1S/C20H23ClFN3O/c21-15-3-1-2-14-17-11-24-12-25(17)16(19(14)15)6-9-20(22)7-4-13(5-8-20)10-18(23)26/h1-3,11-13,16H,4-10H2,(H2,23,26)/t13?,16-,20?/m0/s1. The minimum absolute atomic E-state index is 0.0344. The minimum atomic E-state index is -1.17. The number of aromatic nitrogens is 2. The summed E-state index contributed by atoms with van der Waals surface area (Å²) >= 11 is 6.46. The molecule has 1 aliphatic carbocycles. The van der Waals surface area contributed by atoms with E-state index in [0.717, 1.165) is 34.7 Å². The number of carbonyl (C=O) groups is 1. The van der Waals surface area contributed by atoms with Gasteiger partial charge in [0.1, 0.15) is 5.67 Å². The van der Waals surface area contributed by atoms with Crippen molar-refractivity contribution in [3.8, 4) is 11.3 Å². The largest absolute Gasteiger partial charge is 0.370 e. The van der Waals surface area contributed by atoms with Crippen LogP contribution >= 0.6 is 11.6 Å². The molecule has 0 radical (unpaired) electrons. The molecule has 0 unspecified atom stereocenters. The van der Waals surface area contributed by atoms with Gasteiger partial charge in [-0.3, -0.25) is 4.79 Å². The molecule has 2 aromatic rings. The molecule has 4 rings (SSSR count). The number of amides is 1. The van der Waals surface area contributed by atoms with Crippen LogP contribution in [0.1, 0.15) is 56.6 Å². The van der Waals surface area contributed by atoms with Crippen LogP contribution in [0.25, 0.3) is 11.3 Å². The number of nitrogens with two attached hydrogens (primary N) is 1. The van der Waals surface area contributed by atoms with Gasteiger partial charge in [0.25, 0.3) is 0 Å². The molecular weight excluding hydrogens is 353 g/mol. The Bertz CT molecular complexity index is 826. The fourth-order valence-corrected chi connectivity index (χ4v) is 4.91. The second-order valence-corrected chi connectivity index (χ2v) is 8.11. The second kappa shape index (κ2) is 6.69. The lowest BCUT2D eigenvalue weighted by Gasteiger charge is -2.34. The van der Waals surface area contributed by atoms with Crippen molar-refractivity contribution in [1.82, 2.24) is 9.55 Å². The van der Waals surface area contributed by atoms with Gasteiger partial charge in [-0.25, -0.2) is 9.37 Å². The fourth-order valence-electron chi connectivity index (χ4n) is 4.61. The summed E-state index contributed by atoms with van der Waals surface area (Å²) in [5.41, 5.74) is 7.33. The molecule has 2 aliphatic rings. The summed E-state index contributed by atoms with van der Waals surface area (Å²) in [4.78, 5) is 15.3. The first-order valence-corrected chi connectivity index (χ1v) is 9.62. The number of hydrogen-bond acceptors (Lipinski definition) is 2. The van der Waals surface area contributed by atoms with Gasteiger partial charge in [0.2, 0.25) is 5.91 Å². The first kappa shape index (κ1) is 17.5. The van der Waals surface area contributed by atoms with Crippen molar-refractivity contribution in [2.45, 2.75) is 56.7 Å². The van der Waals surface area contributed by atoms with E-state index in [1.807, 2.05) is 24.7 Å². The van der Waals surface area contributed by atoms with Crippen molar-refractivity contribution in [2.24, 2.45) is 11.7 Å². The molecule has 1 saturated carbocycles. The van der Waals surface area contributed by atoms with Crippen molar-refractivity contribution in [3.63, 3.8) is 0 Å². The summed E-state index contributed by atoms with van der Waals surface area (Å²) in [6.07, 6.45) is 7.68. The van der Waals surface area contributed by atoms with Gasteiger partial charge >= 0.3 is 0 Å². The van der Waals surface area contributed by atoms with Gasteiger partial charge in [-0.1, -0.05) is 23.7 Å². The molecule has 4 nitrogen and oxygen atoms in total. The average Bonchev–Trinajstić information content (AvgIpc) is 3.17. The Morgan fingerprint density at radius 1 is 1.38 bits per heavy atom. The number of rotatable bonds is 5. The number of imidazole rings is 1. The molecule has 2 heterocycles. The molecular formula is C20H23ClFN3O. The Balaban J connectivity index is 1.47. The van der Waals surface area contributed by atoms with E-state index in [1.54, 1.807) is 0 Å². The zero-order valence-electron chi connectivity index (χ0n) is 14.6. The Hall–Kier alpha value is -1.88. The van der Waals surface area contributed by atoms with Crippen LogP contribution in [0.3, 0.4) is 0 Å². The molecule has 1 fully saturated rings. The van der Waals surface area contributed by atoms with Gasteiger partial charge in [-0.15, -0.1) is 0 Å². The number of carbonyl (C=O) groups excluding carboxylic acids is 1. The van der Waals surface area contributed by atoms with E-state index in [-0.39, 0.29) is 17.9 Å². The highest BCUT2D eigenvalue weighted by molar-refractivity contribution is 6.32. The van der Waals surface area contributed by atoms with Crippen molar-refractivity contribution in [2.75, 3.05) is 0 Å². The summed E-state index contributed by atoms with van der Waals surface area (Å²) < 4.78 is 17.5. The molecule has 0 bridgehead atoms. The molecule has 1 atom stereocenters. The van der Waals surface area contributed by atoms with Crippen molar-refractivity contribution in [1.29, 1.82) is 0 Å². The predicted octanol–water partition coefficient (Wildman–Crippen LogP) is 4.66. The molecule has 1 aliphatic heterocycles. The van der Waals surface area contributed by atoms with E-state index in [2.05, 4.69) is 15.6 Å². The molecule has 0 saturated heterocycles. The van der Waals surface area contributed by atoms with Crippen LogP contribution in [0, 0.1) is 5.92 Å². The maximum atomic E-state index is 15.3. The van der Waals surface area contributed by atoms with E-state index in [4.69, 9.17) is 17.3 Å². The molecule has 2 N–H and O–H groups in total. The van der Waals surface area contributed by atoms with E-state index in [0.29, 0.717) is 32.1 Å². The summed E-state index contributed by atoms with van der Waals surface area (Å²) in [6, 6.07) is 5.92. The Morgan fingerprint density at radius 3 is 2.88 bits per heavy atom. The van der Waals surface area contributed by atoms with Gasteiger partial charge in [0.15, 0.2) is 0 Å². The van der Waals surface area contributed by atoms with E-state index >= 15 is 4.39 Å². The van der Waals surface area contributed by atoms with Crippen LogP contribution in [0.5, 0.6) is 0 Å². The molecule has 138 valence electrons. The van der Waals surface area contributed by atoms with Crippen LogP contribution in [-0.2, 0) is 4.79 Å². The maximum Gasteiger partial charge on any atom is 0.217 e. The molecule has 0 spiro atoms. The molecule has 1 aromatic heterocycles. The minimum Gasteiger partial charge on any atom is -0.370 e. The highest BCUT2D eigenvalue weighted by atomic mass is 35.5. The van der Waals surface area contributed by atoms with Crippen LogP contribution < -0.4 is 5.73 Å². The van der Waals surface area contributed by atoms with Gasteiger partial charge < -0.3 is 10.3 Å². The monoisotopic (exact) mass is 375 g/mol. The van der Waals surface area contributed by atoms with Crippen molar-refractivity contribution >= 4 is 17.5 Å². The average molecular weight is 376 g/mol. The van der Waals surface area contributed by atoms with Gasteiger partial charge in [0.05, 0.1) is 24.3 Å². The predicted molar refractivity (Wildman–Crippen MR) is 99.7 cm³/mol. The number of primary amides is 1. The van der Waals surface area contributed by atoms with Crippen LogP contribution in [-0.4, -0.2) is 21.1 Å². The first-order chi connectivity index (χ1) is 12.5. The molecule has 26 heavy (non-hydrogen) atoms. The molecule has 1 aromatic carbocycles.